The Balaban J connectivity index is 1.64. The van der Waals surface area contributed by atoms with Crippen LogP contribution < -0.4 is 10.9 Å². The highest BCUT2D eigenvalue weighted by molar-refractivity contribution is 5.80. The number of nitrogens with zero attached hydrogens (tertiary/aromatic N) is 3. The molecule has 0 spiro atoms. The number of amides is 1. The highest BCUT2D eigenvalue weighted by Gasteiger charge is 2.16. The molecule has 1 aromatic heterocycles. The van der Waals surface area contributed by atoms with E-state index in [0.29, 0.717) is 11.0 Å². The van der Waals surface area contributed by atoms with Gasteiger partial charge in [0.05, 0.1) is 30.4 Å². The summed E-state index contributed by atoms with van der Waals surface area (Å²) in [5.74, 6) is -0.172. The first-order chi connectivity index (χ1) is 11.6. The first-order valence-electron chi connectivity index (χ1n) is 8.17. The number of fused-ring (bicyclic) bond motifs is 1. The predicted octanol–water partition coefficient (Wildman–Crippen LogP) is 0.233. The molecule has 0 radical (unpaired) electrons. The van der Waals surface area contributed by atoms with Crippen LogP contribution in [-0.4, -0.2) is 59.2 Å². The van der Waals surface area contributed by atoms with Crippen molar-refractivity contribution in [1.82, 2.24) is 19.8 Å². The van der Waals surface area contributed by atoms with Gasteiger partial charge in [-0.2, -0.15) is 0 Å². The van der Waals surface area contributed by atoms with Crippen molar-refractivity contribution in [3.63, 3.8) is 0 Å². The number of morpholine rings is 1. The van der Waals surface area contributed by atoms with Crippen LogP contribution in [0.1, 0.15) is 6.92 Å². The molecular weight excluding hydrogens is 308 g/mol. The van der Waals surface area contributed by atoms with Crippen molar-refractivity contribution in [3.8, 4) is 0 Å². The maximum absolute atomic E-state index is 12.3. The van der Waals surface area contributed by atoms with Crippen molar-refractivity contribution in [2.24, 2.45) is 0 Å². The second-order valence-electron chi connectivity index (χ2n) is 6.05. The Morgan fingerprint density at radius 1 is 1.33 bits per heavy atom. The molecule has 0 unspecified atom stereocenters. The summed E-state index contributed by atoms with van der Waals surface area (Å²) >= 11 is 0. The van der Waals surface area contributed by atoms with Crippen LogP contribution in [0.15, 0.2) is 35.3 Å². The Labute approximate surface area is 140 Å². The summed E-state index contributed by atoms with van der Waals surface area (Å²) < 4.78 is 6.78. The summed E-state index contributed by atoms with van der Waals surface area (Å²) in [7, 11) is 0. The predicted molar refractivity (Wildman–Crippen MR) is 90.9 cm³/mol. The van der Waals surface area contributed by atoms with Crippen LogP contribution >= 0.6 is 0 Å². The summed E-state index contributed by atoms with van der Waals surface area (Å²) in [5, 5.41) is 2.97. The third-order valence-corrected chi connectivity index (χ3v) is 4.10. The first kappa shape index (κ1) is 16.6. The van der Waals surface area contributed by atoms with Crippen LogP contribution in [-0.2, 0) is 16.1 Å². The largest absolute Gasteiger partial charge is 0.379 e. The van der Waals surface area contributed by atoms with E-state index in [4.69, 9.17) is 4.74 Å². The van der Waals surface area contributed by atoms with Gasteiger partial charge in [0.1, 0.15) is 6.54 Å². The highest BCUT2D eigenvalue weighted by atomic mass is 16.5. The van der Waals surface area contributed by atoms with Gasteiger partial charge in [0.25, 0.3) is 5.56 Å². The van der Waals surface area contributed by atoms with Gasteiger partial charge in [-0.3, -0.25) is 19.1 Å². The van der Waals surface area contributed by atoms with Crippen molar-refractivity contribution >= 4 is 16.9 Å². The van der Waals surface area contributed by atoms with Gasteiger partial charge < -0.3 is 10.1 Å². The van der Waals surface area contributed by atoms with Crippen LogP contribution in [0.2, 0.25) is 0 Å². The lowest BCUT2D eigenvalue weighted by Gasteiger charge is -2.29. The van der Waals surface area contributed by atoms with Crippen molar-refractivity contribution < 1.29 is 9.53 Å². The van der Waals surface area contributed by atoms with Gasteiger partial charge in [-0.15, -0.1) is 0 Å². The summed E-state index contributed by atoms with van der Waals surface area (Å²) in [4.78, 5) is 30.8. The van der Waals surface area contributed by atoms with Gasteiger partial charge in [0, 0.05) is 25.7 Å². The Bertz CT molecular complexity index is 768. The number of benzene rings is 1. The molecule has 7 heteroatoms. The fraction of sp³-hybridized carbons (Fsp3) is 0.471. The second-order valence-corrected chi connectivity index (χ2v) is 6.05. The van der Waals surface area contributed by atoms with Gasteiger partial charge in [-0.05, 0) is 19.1 Å². The first-order valence-corrected chi connectivity index (χ1v) is 8.17. The van der Waals surface area contributed by atoms with Crippen LogP contribution in [0, 0.1) is 0 Å². The minimum Gasteiger partial charge on any atom is -0.379 e. The summed E-state index contributed by atoms with van der Waals surface area (Å²) in [5.41, 5.74) is 1.09. The van der Waals surface area contributed by atoms with Gasteiger partial charge in [0.15, 0.2) is 0 Å². The SMILES string of the molecule is C[C@H](CN1CCOCC1)NC(=O)Cn1c(=O)cnc2ccccc21. The number of para-hydroxylation sites is 2. The van der Waals surface area contributed by atoms with Crippen molar-refractivity contribution in [2.75, 3.05) is 32.8 Å². The third kappa shape index (κ3) is 3.98. The highest BCUT2D eigenvalue weighted by Crippen LogP contribution is 2.08. The van der Waals surface area contributed by atoms with E-state index in [1.807, 2.05) is 25.1 Å². The molecule has 1 aliphatic rings. The normalized spacial score (nSPS) is 16.9. The van der Waals surface area contributed by atoms with Crippen LogP contribution in [0.3, 0.4) is 0 Å². The number of aromatic nitrogens is 2. The van der Waals surface area contributed by atoms with Crippen LogP contribution in [0.25, 0.3) is 11.0 Å². The van der Waals surface area contributed by atoms with E-state index >= 15 is 0 Å². The number of carbonyl (C=O) groups is 1. The standard InChI is InChI=1S/C17H22N4O3/c1-13(11-20-6-8-24-9-7-20)19-16(22)12-21-15-5-3-2-4-14(15)18-10-17(21)23/h2-5,10,13H,6-9,11-12H2,1H3,(H,19,22)/t13-/m1/s1. The third-order valence-electron chi connectivity index (χ3n) is 4.10. The fourth-order valence-electron chi connectivity index (χ4n) is 2.96. The monoisotopic (exact) mass is 330 g/mol. The Hall–Kier alpha value is -2.25. The molecule has 24 heavy (non-hydrogen) atoms. The summed E-state index contributed by atoms with van der Waals surface area (Å²) in [6.07, 6.45) is 1.26. The van der Waals surface area contributed by atoms with Crippen LogP contribution in [0.5, 0.6) is 0 Å². The minimum atomic E-state index is -0.273. The van der Waals surface area contributed by atoms with E-state index in [-0.39, 0.29) is 24.1 Å². The number of hydrogen-bond donors (Lipinski definition) is 1. The smallest absolute Gasteiger partial charge is 0.269 e. The molecule has 2 heterocycles. The molecule has 128 valence electrons. The lowest BCUT2D eigenvalue weighted by molar-refractivity contribution is -0.122. The molecule has 1 N–H and O–H groups in total. The van der Waals surface area contributed by atoms with Crippen molar-refractivity contribution in [2.45, 2.75) is 19.5 Å². The topological polar surface area (TPSA) is 76.5 Å². The number of carbonyl (C=O) groups excluding carboxylic acids is 1. The number of ether oxygens (including phenoxy) is 1. The molecular formula is C17H22N4O3. The minimum absolute atomic E-state index is 0.00465. The zero-order valence-corrected chi connectivity index (χ0v) is 13.8. The number of hydrogen-bond acceptors (Lipinski definition) is 5. The Morgan fingerprint density at radius 2 is 2.08 bits per heavy atom. The molecule has 0 aliphatic carbocycles. The fourth-order valence-corrected chi connectivity index (χ4v) is 2.96. The molecule has 1 atom stereocenters. The quantitative estimate of drug-likeness (QED) is 0.849. The van der Waals surface area contributed by atoms with Crippen molar-refractivity contribution in [3.05, 3.63) is 40.8 Å². The van der Waals surface area contributed by atoms with Gasteiger partial charge >= 0.3 is 0 Å². The maximum atomic E-state index is 12.3. The van der Waals surface area contributed by atoms with Gasteiger partial charge in [0.2, 0.25) is 5.91 Å². The zero-order chi connectivity index (χ0) is 16.9. The Morgan fingerprint density at radius 3 is 2.88 bits per heavy atom. The molecule has 1 aliphatic heterocycles. The van der Waals surface area contributed by atoms with Gasteiger partial charge in [-0.25, -0.2) is 4.98 Å². The van der Waals surface area contributed by atoms with Gasteiger partial charge in [-0.1, -0.05) is 12.1 Å². The molecule has 2 aromatic rings. The average molecular weight is 330 g/mol. The molecule has 0 saturated carbocycles. The van der Waals surface area contributed by atoms with E-state index in [2.05, 4.69) is 15.2 Å². The molecule has 1 amide bonds. The number of rotatable bonds is 5. The summed E-state index contributed by atoms with van der Waals surface area (Å²) in [6, 6.07) is 7.32. The van der Waals surface area contributed by atoms with E-state index in [1.165, 1.54) is 10.8 Å². The molecule has 1 aromatic carbocycles. The maximum Gasteiger partial charge on any atom is 0.269 e. The molecule has 0 bridgehead atoms. The Kier molecular flexibility index (Phi) is 5.22. The lowest BCUT2D eigenvalue weighted by Crippen LogP contribution is -2.47. The lowest BCUT2D eigenvalue weighted by atomic mass is 10.2. The second kappa shape index (κ2) is 7.55. The van der Waals surface area contributed by atoms with Crippen molar-refractivity contribution in [1.29, 1.82) is 0 Å². The van der Waals surface area contributed by atoms with E-state index in [9.17, 15) is 9.59 Å². The molecule has 1 saturated heterocycles. The molecule has 7 nitrogen and oxygen atoms in total. The average Bonchev–Trinajstić information content (AvgIpc) is 2.58. The molecule has 1 fully saturated rings. The number of nitrogens with one attached hydrogen (secondary N) is 1. The van der Waals surface area contributed by atoms with Crippen LogP contribution in [0.4, 0.5) is 0 Å². The van der Waals surface area contributed by atoms with E-state index in [1.54, 1.807) is 6.07 Å². The molecule has 3 rings (SSSR count). The zero-order valence-electron chi connectivity index (χ0n) is 13.8. The summed E-state index contributed by atoms with van der Waals surface area (Å²) in [6.45, 7) is 5.98. The van der Waals surface area contributed by atoms with E-state index in [0.717, 1.165) is 32.8 Å². The van der Waals surface area contributed by atoms with E-state index < -0.39 is 0 Å².